The van der Waals surface area contributed by atoms with Gasteiger partial charge in [0.25, 0.3) is 0 Å². The molecule has 1 N–H and O–H groups in total. The molecule has 3 aliphatic rings. The molecule has 5 heteroatoms. The van der Waals surface area contributed by atoms with Crippen molar-refractivity contribution in [2.75, 3.05) is 32.8 Å². The van der Waals surface area contributed by atoms with E-state index in [1.54, 1.807) is 0 Å². The summed E-state index contributed by atoms with van der Waals surface area (Å²) in [5.74, 6) is 0.991. The average Bonchev–Trinajstić information content (AvgIpc) is 3.42. The molecule has 1 saturated carbocycles. The molecule has 2 heterocycles. The highest BCUT2D eigenvalue weighted by atomic mass is 16.3. The number of nitrogens with zero attached hydrogens (tertiary/aromatic N) is 3. The fraction of sp³-hybridized carbons (Fsp3) is 0.600. The normalized spacial score (nSPS) is 29.3. The number of aliphatic hydroxyl groups excluding tert-OH is 1. The smallest absolute Gasteiger partial charge is 0.225 e. The second-order valence-electron chi connectivity index (χ2n) is 8.02. The molecular formula is C20H25N3O2. The number of nitriles is 1. The number of piperidine rings is 1. The molecule has 25 heavy (non-hydrogen) atoms. The zero-order chi connectivity index (χ0) is 17.4. The van der Waals surface area contributed by atoms with Gasteiger partial charge in [-0.25, -0.2) is 0 Å². The van der Waals surface area contributed by atoms with Gasteiger partial charge in [-0.15, -0.1) is 0 Å². The molecule has 1 aromatic carbocycles. The first-order valence-electron chi connectivity index (χ1n) is 9.24. The number of hydrogen-bond acceptors (Lipinski definition) is 4. The first-order chi connectivity index (χ1) is 12.1. The predicted octanol–water partition coefficient (Wildman–Crippen LogP) is 1.61. The molecule has 0 bridgehead atoms. The Labute approximate surface area is 148 Å². The van der Waals surface area contributed by atoms with E-state index in [1.807, 2.05) is 23.1 Å². The first kappa shape index (κ1) is 16.6. The number of hydrogen-bond donors (Lipinski definition) is 1. The van der Waals surface area contributed by atoms with Crippen molar-refractivity contribution < 1.29 is 9.90 Å². The number of carbonyl (C=O) groups is 1. The number of likely N-dealkylation sites (tertiary alicyclic amines) is 2. The van der Waals surface area contributed by atoms with Crippen LogP contribution in [0.1, 0.15) is 30.4 Å². The average molecular weight is 339 g/mol. The van der Waals surface area contributed by atoms with Gasteiger partial charge in [-0.1, -0.05) is 12.1 Å². The fourth-order valence-corrected chi connectivity index (χ4v) is 4.62. The van der Waals surface area contributed by atoms with Crippen molar-refractivity contribution in [2.45, 2.75) is 25.8 Å². The maximum absolute atomic E-state index is 12.5. The molecule has 1 aromatic rings. The Morgan fingerprint density at radius 1 is 1.32 bits per heavy atom. The van der Waals surface area contributed by atoms with Gasteiger partial charge in [0.1, 0.15) is 0 Å². The molecule has 0 radical (unpaired) electrons. The molecule has 2 atom stereocenters. The third-order valence-corrected chi connectivity index (χ3v) is 6.15. The Bertz CT molecular complexity index is 709. The van der Waals surface area contributed by atoms with Crippen LogP contribution in [0.15, 0.2) is 24.3 Å². The Morgan fingerprint density at radius 2 is 2.16 bits per heavy atom. The van der Waals surface area contributed by atoms with E-state index in [2.05, 4.69) is 17.0 Å². The molecule has 0 aromatic heterocycles. The van der Waals surface area contributed by atoms with E-state index in [4.69, 9.17) is 5.26 Å². The standard InChI is InChI=1S/C20H25N3O2/c21-9-15-2-1-3-16(8-15)10-22-11-18-6-7-23(19(25)17-4-5-17)13-20(18,12-22)14-24/h1-3,8,17-18,24H,4-7,10-14H2/t18-,20-/m0/s1. The van der Waals surface area contributed by atoms with Crippen molar-refractivity contribution in [3.63, 3.8) is 0 Å². The van der Waals surface area contributed by atoms with Crippen LogP contribution in [-0.4, -0.2) is 53.6 Å². The van der Waals surface area contributed by atoms with E-state index in [0.717, 1.165) is 51.0 Å². The number of aliphatic hydroxyl groups is 1. The van der Waals surface area contributed by atoms with Gasteiger partial charge >= 0.3 is 0 Å². The fourth-order valence-electron chi connectivity index (χ4n) is 4.62. The largest absolute Gasteiger partial charge is 0.396 e. The maximum Gasteiger partial charge on any atom is 0.225 e. The van der Waals surface area contributed by atoms with E-state index >= 15 is 0 Å². The molecule has 4 rings (SSSR count). The lowest BCUT2D eigenvalue weighted by atomic mass is 9.74. The lowest BCUT2D eigenvalue weighted by Crippen LogP contribution is -2.53. The van der Waals surface area contributed by atoms with Gasteiger partial charge in [0.05, 0.1) is 18.2 Å². The molecule has 0 unspecified atom stereocenters. The van der Waals surface area contributed by atoms with Gasteiger partial charge in [0.2, 0.25) is 5.91 Å². The molecule has 0 spiro atoms. The lowest BCUT2D eigenvalue weighted by Gasteiger charge is -2.43. The monoisotopic (exact) mass is 339 g/mol. The van der Waals surface area contributed by atoms with Crippen LogP contribution in [0.5, 0.6) is 0 Å². The SMILES string of the molecule is N#Cc1cccc(CN2C[C@@H]3CCN(C(=O)C4CC4)C[C@]3(CO)C2)c1. The van der Waals surface area contributed by atoms with Crippen molar-refractivity contribution in [3.8, 4) is 6.07 Å². The van der Waals surface area contributed by atoms with E-state index < -0.39 is 0 Å². The molecule has 1 amide bonds. The number of benzene rings is 1. The van der Waals surface area contributed by atoms with Crippen LogP contribution in [0.2, 0.25) is 0 Å². The minimum atomic E-state index is -0.185. The van der Waals surface area contributed by atoms with E-state index in [0.29, 0.717) is 23.9 Å². The predicted molar refractivity (Wildman–Crippen MR) is 93.4 cm³/mol. The second-order valence-corrected chi connectivity index (χ2v) is 8.02. The minimum Gasteiger partial charge on any atom is -0.396 e. The molecular weight excluding hydrogens is 314 g/mol. The highest BCUT2D eigenvalue weighted by Gasteiger charge is 2.51. The molecule has 5 nitrogen and oxygen atoms in total. The van der Waals surface area contributed by atoms with Crippen LogP contribution in [0.3, 0.4) is 0 Å². The van der Waals surface area contributed by atoms with Crippen molar-refractivity contribution in [1.29, 1.82) is 5.26 Å². The van der Waals surface area contributed by atoms with Crippen LogP contribution in [0.25, 0.3) is 0 Å². The third-order valence-electron chi connectivity index (χ3n) is 6.15. The van der Waals surface area contributed by atoms with Gasteiger partial charge < -0.3 is 10.0 Å². The topological polar surface area (TPSA) is 67.6 Å². The summed E-state index contributed by atoms with van der Waals surface area (Å²) in [7, 11) is 0. The lowest BCUT2D eigenvalue weighted by molar-refractivity contribution is -0.137. The maximum atomic E-state index is 12.5. The van der Waals surface area contributed by atoms with Gasteiger partial charge in [-0.05, 0) is 42.9 Å². The number of fused-ring (bicyclic) bond motifs is 1. The summed E-state index contributed by atoms with van der Waals surface area (Å²) in [5.41, 5.74) is 1.64. The van der Waals surface area contributed by atoms with E-state index in [9.17, 15) is 9.90 Å². The highest BCUT2D eigenvalue weighted by molar-refractivity contribution is 5.81. The van der Waals surface area contributed by atoms with Gasteiger partial charge in [-0.3, -0.25) is 9.69 Å². The first-order valence-corrected chi connectivity index (χ1v) is 9.24. The van der Waals surface area contributed by atoms with Gasteiger partial charge in [-0.2, -0.15) is 5.26 Å². The van der Waals surface area contributed by atoms with Crippen LogP contribution in [0.4, 0.5) is 0 Å². The summed E-state index contributed by atoms with van der Waals surface area (Å²) in [6.45, 7) is 4.24. The van der Waals surface area contributed by atoms with Crippen molar-refractivity contribution >= 4 is 5.91 Å². The Kier molecular flexibility index (Phi) is 4.26. The van der Waals surface area contributed by atoms with Crippen LogP contribution >= 0.6 is 0 Å². The van der Waals surface area contributed by atoms with Crippen molar-refractivity contribution in [3.05, 3.63) is 35.4 Å². The zero-order valence-corrected chi connectivity index (χ0v) is 14.5. The van der Waals surface area contributed by atoms with Gasteiger partial charge in [0, 0.05) is 44.1 Å². The van der Waals surface area contributed by atoms with Crippen molar-refractivity contribution in [1.82, 2.24) is 9.80 Å². The molecule has 2 aliphatic heterocycles. The molecule has 2 saturated heterocycles. The quantitative estimate of drug-likeness (QED) is 0.905. The number of amides is 1. The summed E-state index contributed by atoms with van der Waals surface area (Å²) in [6, 6.07) is 9.94. The van der Waals surface area contributed by atoms with Crippen molar-refractivity contribution in [2.24, 2.45) is 17.3 Å². The van der Waals surface area contributed by atoms with Crippen LogP contribution in [0, 0.1) is 28.6 Å². The van der Waals surface area contributed by atoms with Gasteiger partial charge in [0.15, 0.2) is 0 Å². The summed E-state index contributed by atoms with van der Waals surface area (Å²) in [4.78, 5) is 16.8. The molecule has 132 valence electrons. The number of carbonyl (C=O) groups excluding carboxylic acids is 1. The summed E-state index contributed by atoms with van der Waals surface area (Å²) in [6.07, 6.45) is 3.05. The third kappa shape index (κ3) is 3.17. The molecule has 3 fully saturated rings. The summed E-state index contributed by atoms with van der Waals surface area (Å²) < 4.78 is 0. The van der Waals surface area contributed by atoms with Crippen LogP contribution < -0.4 is 0 Å². The Balaban J connectivity index is 1.46. The Hall–Kier alpha value is -1.90. The van der Waals surface area contributed by atoms with E-state index in [-0.39, 0.29) is 17.9 Å². The van der Waals surface area contributed by atoms with E-state index in [1.165, 1.54) is 0 Å². The second kappa shape index (κ2) is 6.44. The summed E-state index contributed by atoms with van der Waals surface area (Å²) >= 11 is 0. The number of rotatable bonds is 4. The highest BCUT2D eigenvalue weighted by Crippen LogP contribution is 2.43. The Morgan fingerprint density at radius 3 is 2.88 bits per heavy atom. The summed E-state index contributed by atoms with van der Waals surface area (Å²) in [5, 5.41) is 19.2. The minimum absolute atomic E-state index is 0.140. The van der Waals surface area contributed by atoms with Crippen LogP contribution in [-0.2, 0) is 11.3 Å². The molecule has 1 aliphatic carbocycles. The zero-order valence-electron chi connectivity index (χ0n) is 14.5.